The maximum Gasteiger partial charge on any atom is 0.0959 e. The molecule has 0 rings (SSSR count). The summed E-state index contributed by atoms with van der Waals surface area (Å²) in [4.78, 5) is 0. The van der Waals surface area contributed by atoms with E-state index in [1.54, 1.807) is 6.92 Å². The summed E-state index contributed by atoms with van der Waals surface area (Å²) in [7, 11) is 0. The van der Waals surface area contributed by atoms with Crippen LogP contribution in [0.1, 0.15) is 27.2 Å². The van der Waals surface area contributed by atoms with Gasteiger partial charge in [0.05, 0.1) is 5.83 Å². The van der Waals surface area contributed by atoms with Crippen LogP contribution in [0.3, 0.4) is 0 Å². The van der Waals surface area contributed by atoms with Gasteiger partial charge in [0, 0.05) is 6.42 Å². The van der Waals surface area contributed by atoms with Gasteiger partial charge in [0.2, 0.25) is 0 Å². The van der Waals surface area contributed by atoms with Gasteiger partial charge in [-0.05, 0) is 12.8 Å². The summed E-state index contributed by atoms with van der Waals surface area (Å²) in [5.41, 5.74) is 0. The molecule has 0 amide bonds. The van der Waals surface area contributed by atoms with Crippen molar-refractivity contribution in [2.24, 2.45) is 5.92 Å². The van der Waals surface area contributed by atoms with Gasteiger partial charge in [-0.15, -0.1) is 0 Å². The van der Waals surface area contributed by atoms with Crippen LogP contribution in [0.25, 0.3) is 0 Å². The van der Waals surface area contributed by atoms with Crippen molar-refractivity contribution in [2.75, 3.05) is 0 Å². The van der Waals surface area contributed by atoms with Gasteiger partial charge in [-0.25, -0.2) is 4.39 Å². The molecule has 0 bridgehead atoms. The van der Waals surface area contributed by atoms with E-state index in [2.05, 4.69) is 0 Å². The van der Waals surface area contributed by atoms with E-state index in [1.165, 1.54) is 6.08 Å². The van der Waals surface area contributed by atoms with Crippen molar-refractivity contribution in [3.8, 4) is 0 Å². The van der Waals surface area contributed by atoms with Crippen LogP contribution in [-0.4, -0.2) is 0 Å². The van der Waals surface area contributed by atoms with Crippen LogP contribution in [0.2, 0.25) is 0 Å². The fourth-order valence-electron chi connectivity index (χ4n) is 0.508. The number of rotatable bonds is 2. The highest BCUT2D eigenvalue weighted by Gasteiger charge is 1.95. The minimum absolute atomic E-state index is 0.000000000000000222. The molecule has 0 aromatic heterocycles. The van der Waals surface area contributed by atoms with Crippen LogP contribution in [0.4, 0.5) is 4.39 Å². The lowest BCUT2D eigenvalue weighted by Crippen LogP contribution is -1.85. The van der Waals surface area contributed by atoms with Gasteiger partial charge in [-0.1, -0.05) is 19.9 Å². The van der Waals surface area contributed by atoms with E-state index >= 15 is 0 Å². The molecule has 0 aliphatic rings. The molecule has 0 radical (unpaired) electrons. The normalized spacial score (nSPS) is 12.9. The van der Waals surface area contributed by atoms with Crippen LogP contribution < -0.4 is 0 Å². The summed E-state index contributed by atoms with van der Waals surface area (Å²) < 4.78 is 12.2. The second-order valence-corrected chi connectivity index (χ2v) is 2.33. The Morgan fingerprint density at radius 3 is 2.25 bits per heavy atom. The molecular weight excluding hydrogens is 103 g/mol. The van der Waals surface area contributed by atoms with E-state index in [4.69, 9.17) is 0 Å². The second kappa shape index (κ2) is 3.65. The second-order valence-electron chi connectivity index (χ2n) is 2.33. The summed E-state index contributed by atoms with van der Waals surface area (Å²) in [5, 5.41) is 0. The van der Waals surface area contributed by atoms with Gasteiger partial charge in [-0.2, -0.15) is 0 Å². The maximum atomic E-state index is 12.2. The Morgan fingerprint density at radius 2 is 2.12 bits per heavy atom. The molecule has 0 spiro atoms. The molecule has 0 unspecified atom stereocenters. The smallest absolute Gasteiger partial charge is 0.0959 e. The van der Waals surface area contributed by atoms with Crippen LogP contribution in [0.5, 0.6) is 0 Å². The topological polar surface area (TPSA) is 0 Å². The van der Waals surface area contributed by atoms with Crippen molar-refractivity contribution in [2.45, 2.75) is 27.2 Å². The fraction of sp³-hybridized carbons (Fsp3) is 0.714. The van der Waals surface area contributed by atoms with E-state index in [0.717, 1.165) is 0 Å². The molecule has 0 heterocycles. The van der Waals surface area contributed by atoms with Crippen LogP contribution in [-0.2, 0) is 0 Å². The Morgan fingerprint density at radius 1 is 1.62 bits per heavy atom. The molecule has 0 fully saturated rings. The van der Waals surface area contributed by atoms with E-state index in [9.17, 15) is 4.39 Å². The molecule has 0 aliphatic heterocycles. The minimum atomic E-state index is 0.000000000000000222. The third-order valence-electron chi connectivity index (χ3n) is 0.916. The lowest BCUT2D eigenvalue weighted by atomic mass is 10.1. The molecule has 1 heteroatoms. The number of halogens is 1. The highest BCUT2D eigenvalue weighted by atomic mass is 19.1. The average Bonchev–Trinajstić information content (AvgIpc) is 1.65. The van der Waals surface area contributed by atoms with Crippen LogP contribution in [0.15, 0.2) is 11.9 Å². The zero-order valence-corrected chi connectivity index (χ0v) is 5.74. The van der Waals surface area contributed by atoms with Crippen LogP contribution in [0, 0.1) is 5.92 Å². The Labute approximate surface area is 50.4 Å². The predicted octanol–water partition coefficient (Wildman–Crippen LogP) is 2.91. The molecule has 0 nitrogen and oxygen atoms in total. The SMILES string of the molecule is CC=C(F)CC(C)C. The molecular formula is C7H13F. The Balaban J connectivity index is 3.39. The monoisotopic (exact) mass is 116 g/mol. The van der Waals surface area contributed by atoms with Gasteiger partial charge in [0.15, 0.2) is 0 Å². The predicted molar refractivity (Wildman–Crippen MR) is 34.3 cm³/mol. The lowest BCUT2D eigenvalue weighted by molar-refractivity contribution is 0.515. The van der Waals surface area contributed by atoms with E-state index in [-0.39, 0.29) is 5.83 Å². The van der Waals surface area contributed by atoms with Crippen molar-refractivity contribution in [3.63, 3.8) is 0 Å². The van der Waals surface area contributed by atoms with Gasteiger partial charge >= 0.3 is 0 Å². The molecule has 8 heavy (non-hydrogen) atoms. The summed E-state index contributed by atoms with van der Waals surface area (Å²) in [5.74, 6) is 0.436. The first-order chi connectivity index (χ1) is 3.66. The molecule has 0 saturated heterocycles. The molecule has 0 N–H and O–H groups in total. The third kappa shape index (κ3) is 3.85. The largest absolute Gasteiger partial charge is 0.212 e. The van der Waals surface area contributed by atoms with Crippen molar-refractivity contribution < 1.29 is 4.39 Å². The zero-order chi connectivity index (χ0) is 6.57. The fourth-order valence-corrected chi connectivity index (χ4v) is 0.508. The van der Waals surface area contributed by atoms with Crippen molar-refractivity contribution in [1.29, 1.82) is 0 Å². The Bertz CT molecular complexity index is 82.4. The number of allylic oxidation sites excluding steroid dienone is 2. The standard InChI is InChI=1S/C7H13F/c1-4-7(8)5-6(2)3/h4,6H,5H2,1-3H3. The average molecular weight is 116 g/mol. The van der Waals surface area contributed by atoms with Crippen molar-refractivity contribution >= 4 is 0 Å². The summed E-state index contributed by atoms with van der Waals surface area (Å²) in [6.07, 6.45) is 2.09. The lowest BCUT2D eigenvalue weighted by Gasteiger charge is -1.98. The maximum absolute atomic E-state index is 12.2. The molecule has 0 atom stereocenters. The Kier molecular flexibility index (Phi) is 3.49. The first kappa shape index (κ1) is 7.67. The highest BCUT2D eigenvalue weighted by Crippen LogP contribution is 2.10. The van der Waals surface area contributed by atoms with Gasteiger partial charge in [0.1, 0.15) is 0 Å². The molecule has 0 aliphatic carbocycles. The van der Waals surface area contributed by atoms with Gasteiger partial charge < -0.3 is 0 Å². The summed E-state index contributed by atoms with van der Waals surface area (Å²) in [6, 6.07) is 0. The quantitative estimate of drug-likeness (QED) is 0.520. The molecule has 48 valence electrons. The molecule has 0 aromatic carbocycles. The number of hydrogen-bond acceptors (Lipinski definition) is 0. The highest BCUT2D eigenvalue weighted by molar-refractivity contribution is 4.88. The zero-order valence-electron chi connectivity index (χ0n) is 5.74. The summed E-state index contributed by atoms with van der Waals surface area (Å²) in [6.45, 7) is 5.73. The molecule has 0 saturated carbocycles. The van der Waals surface area contributed by atoms with Crippen molar-refractivity contribution in [1.82, 2.24) is 0 Å². The Hall–Kier alpha value is -0.330. The van der Waals surface area contributed by atoms with Gasteiger partial charge in [-0.3, -0.25) is 0 Å². The van der Waals surface area contributed by atoms with Crippen molar-refractivity contribution in [3.05, 3.63) is 11.9 Å². The number of hydrogen-bond donors (Lipinski definition) is 0. The van der Waals surface area contributed by atoms with Crippen LogP contribution >= 0.6 is 0 Å². The first-order valence-electron chi connectivity index (χ1n) is 2.97. The summed E-state index contributed by atoms with van der Waals surface area (Å²) >= 11 is 0. The first-order valence-corrected chi connectivity index (χ1v) is 2.97. The minimum Gasteiger partial charge on any atom is -0.212 e. The van der Waals surface area contributed by atoms with E-state index < -0.39 is 0 Å². The van der Waals surface area contributed by atoms with Gasteiger partial charge in [0.25, 0.3) is 0 Å². The van der Waals surface area contributed by atoms with E-state index in [1.807, 2.05) is 13.8 Å². The molecule has 0 aromatic rings. The third-order valence-corrected chi connectivity index (χ3v) is 0.916. The van der Waals surface area contributed by atoms with E-state index in [0.29, 0.717) is 12.3 Å².